The molecule has 1 aromatic heterocycles. The van der Waals surface area contributed by atoms with E-state index in [9.17, 15) is 27.4 Å². The lowest BCUT2D eigenvalue weighted by Crippen LogP contribution is -2.21. The minimum Gasteiger partial charge on any atom is -0.495 e. The number of nitrogens with zero attached hydrogens (tertiary/aromatic N) is 3. The monoisotopic (exact) mass is 633 g/mol. The third-order valence-electron chi connectivity index (χ3n) is 8.04. The fraction of sp³-hybridized carbons (Fsp3) is 0.433. The largest absolute Gasteiger partial charge is 0.495 e. The van der Waals surface area contributed by atoms with Gasteiger partial charge in [0.05, 0.1) is 30.2 Å². The Balaban J connectivity index is 1.47. The standard InChI is InChI=1S/C30H35F3N5O5P/c1-4-43-19-8-6-18(7-9-19)20-10-12-24(26-21(20)15-38(2)28(26)39)35-27-22(30(31,32)33)14-34-29(37-27)36-23-11-5-17(16-44(40)41)13-25(23)42-3/h5,10-14,18-19,44H,4,6-9,15-16H2,1-3H3,(H,40,41)(H2,34,35,36,37). The van der Waals surface area contributed by atoms with Crippen LogP contribution in [0.5, 0.6) is 5.75 Å². The summed E-state index contributed by atoms with van der Waals surface area (Å²) < 4.78 is 64.7. The number of anilines is 4. The van der Waals surface area contributed by atoms with Crippen LogP contribution in [-0.4, -0.2) is 52.5 Å². The number of nitrogens with one attached hydrogen (secondary N) is 2. The van der Waals surface area contributed by atoms with Crippen LogP contribution in [0.3, 0.4) is 0 Å². The zero-order chi connectivity index (χ0) is 31.6. The Kier molecular flexibility index (Phi) is 9.48. The smallest absolute Gasteiger partial charge is 0.421 e. The van der Waals surface area contributed by atoms with Crippen LogP contribution in [0.1, 0.15) is 71.1 Å². The van der Waals surface area contributed by atoms with E-state index in [1.807, 2.05) is 13.0 Å². The number of aromatic nitrogens is 2. The first-order chi connectivity index (χ1) is 21.0. The fourth-order valence-corrected chi connectivity index (χ4v) is 6.53. The summed E-state index contributed by atoms with van der Waals surface area (Å²) in [6.45, 7) is 3.01. The Labute approximate surface area is 253 Å². The van der Waals surface area contributed by atoms with Crippen LogP contribution in [0.15, 0.2) is 36.5 Å². The number of hydrogen-bond donors (Lipinski definition) is 3. The summed E-state index contributed by atoms with van der Waals surface area (Å²) in [5.41, 5.74) is 2.25. The van der Waals surface area contributed by atoms with Crippen molar-refractivity contribution in [3.63, 3.8) is 0 Å². The molecule has 10 nitrogen and oxygen atoms in total. The highest BCUT2D eigenvalue weighted by molar-refractivity contribution is 7.37. The normalized spacial score (nSPS) is 19.1. The van der Waals surface area contributed by atoms with Crippen molar-refractivity contribution in [3.8, 4) is 5.75 Å². The summed E-state index contributed by atoms with van der Waals surface area (Å²) in [6.07, 6.45) is -0.274. The third-order valence-corrected chi connectivity index (χ3v) is 8.75. The van der Waals surface area contributed by atoms with Crippen molar-refractivity contribution >= 4 is 37.1 Å². The first-order valence-corrected chi connectivity index (χ1v) is 15.9. The lowest BCUT2D eigenvalue weighted by molar-refractivity contribution is -0.137. The second kappa shape index (κ2) is 13.1. The number of halogens is 3. The average Bonchev–Trinajstić information content (AvgIpc) is 3.28. The average molecular weight is 634 g/mol. The quantitative estimate of drug-likeness (QED) is 0.212. The molecule has 1 fully saturated rings. The molecule has 0 saturated heterocycles. The molecule has 44 heavy (non-hydrogen) atoms. The van der Waals surface area contributed by atoms with Crippen molar-refractivity contribution in [2.24, 2.45) is 0 Å². The number of hydrogen-bond acceptors (Lipinski definition) is 8. The Morgan fingerprint density at radius 2 is 1.84 bits per heavy atom. The second-order valence-corrected chi connectivity index (χ2v) is 12.1. The topological polar surface area (TPSA) is 126 Å². The SMILES string of the molecule is CCOC1CCC(c2ccc(Nc3nc(Nc4ccc(C[PH](=O)O)cc4OC)ncc3C(F)(F)F)c3c2CN(C)C3=O)CC1. The van der Waals surface area contributed by atoms with E-state index < -0.39 is 25.6 Å². The number of amides is 1. The molecule has 0 radical (unpaired) electrons. The number of ether oxygens (including phenoxy) is 2. The van der Waals surface area contributed by atoms with E-state index in [2.05, 4.69) is 20.6 Å². The summed E-state index contributed by atoms with van der Waals surface area (Å²) in [4.78, 5) is 32.1. The number of fused-ring (bicyclic) bond motifs is 1. The van der Waals surface area contributed by atoms with E-state index >= 15 is 0 Å². The van der Waals surface area contributed by atoms with Gasteiger partial charge < -0.3 is 29.9 Å². The summed E-state index contributed by atoms with van der Waals surface area (Å²) in [5, 5.41) is 5.67. The van der Waals surface area contributed by atoms with Crippen molar-refractivity contribution in [1.82, 2.24) is 14.9 Å². The molecule has 14 heteroatoms. The first-order valence-electron chi connectivity index (χ1n) is 14.4. The molecule has 2 aliphatic rings. The Hall–Kier alpha value is -3.67. The van der Waals surface area contributed by atoms with Gasteiger partial charge in [-0.15, -0.1) is 0 Å². The maximum absolute atomic E-state index is 14.1. The highest BCUT2D eigenvalue weighted by Crippen LogP contribution is 2.43. The van der Waals surface area contributed by atoms with Crippen LogP contribution in [0.25, 0.3) is 0 Å². The zero-order valence-corrected chi connectivity index (χ0v) is 25.6. The van der Waals surface area contributed by atoms with Crippen molar-refractivity contribution in [1.29, 1.82) is 0 Å². The predicted molar refractivity (Wildman–Crippen MR) is 160 cm³/mol. The molecular formula is C30H35F3N5O5P. The van der Waals surface area contributed by atoms with Crippen LogP contribution >= 0.6 is 8.03 Å². The van der Waals surface area contributed by atoms with E-state index in [-0.39, 0.29) is 35.7 Å². The minimum atomic E-state index is -4.77. The fourth-order valence-electron chi connectivity index (χ4n) is 5.96. The van der Waals surface area contributed by atoms with Gasteiger partial charge in [0.1, 0.15) is 17.1 Å². The maximum atomic E-state index is 14.1. The Morgan fingerprint density at radius 3 is 2.50 bits per heavy atom. The van der Waals surface area contributed by atoms with Crippen molar-refractivity contribution in [2.45, 2.75) is 63.5 Å². The van der Waals surface area contributed by atoms with Crippen molar-refractivity contribution in [3.05, 3.63) is 64.3 Å². The minimum absolute atomic E-state index is 0.0439. The maximum Gasteiger partial charge on any atom is 0.421 e. The van der Waals surface area contributed by atoms with E-state index in [0.717, 1.165) is 36.8 Å². The molecular weight excluding hydrogens is 598 g/mol. The van der Waals surface area contributed by atoms with E-state index in [4.69, 9.17) is 9.47 Å². The van der Waals surface area contributed by atoms with Crippen LogP contribution in [0.2, 0.25) is 0 Å². The highest BCUT2D eigenvalue weighted by Gasteiger charge is 2.37. The summed E-state index contributed by atoms with van der Waals surface area (Å²) in [6, 6.07) is 8.28. The molecule has 2 heterocycles. The molecule has 1 aliphatic carbocycles. The van der Waals surface area contributed by atoms with Crippen molar-refractivity contribution < 1.29 is 36.9 Å². The van der Waals surface area contributed by atoms with Crippen LogP contribution in [-0.2, 0) is 28.2 Å². The summed E-state index contributed by atoms with van der Waals surface area (Å²) in [7, 11) is 0.314. The van der Waals surface area contributed by atoms with Gasteiger partial charge in [0.25, 0.3) is 5.91 Å². The van der Waals surface area contributed by atoms with E-state index in [1.54, 1.807) is 36.2 Å². The van der Waals surface area contributed by atoms with Gasteiger partial charge in [-0.3, -0.25) is 9.36 Å². The number of carbonyl (C=O) groups excluding carboxylic acids is 1. The molecule has 2 aromatic carbocycles. The predicted octanol–water partition coefficient (Wildman–Crippen LogP) is 6.61. The van der Waals surface area contributed by atoms with Gasteiger partial charge in [-0.25, -0.2) is 4.98 Å². The van der Waals surface area contributed by atoms with Gasteiger partial charge in [-0.1, -0.05) is 12.1 Å². The molecule has 5 rings (SSSR count). The van der Waals surface area contributed by atoms with Crippen LogP contribution < -0.4 is 15.4 Å². The summed E-state index contributed by atoms with van der Waals surface area (Å²) in [5.74, 6) is -0.414. The Bertz CT molecular complexity index is 1560. The molecule has 1 amide bonds. The lowest BCUT2D eigenvalue weighted by Gasteiger charge is -2.30. The molecule has 1 unspecified atom stereocenters. The van der Waals surface area contributed by atoms with Gasteiger partial charge in [0.15, 0.2) is 8.03 Å². The zero-order valence-electron chi connectivity index (χ0n) is 24.6. The highest BCUT2D eigenvalue weighted by atomic mass is 31.1. The molecule has 1 atom stereocenters. The molecule has 3 aromatic rings. The Morgan fingerprint density at radius 1 is 1.11 bits per heavy atom. The van der Waals surface area contributed by atoms with E-state index in [1.165, 1.54) is 7.11 Å². The number of carbonyl (C=O) groups is 1. The number of methoxy groups -OCH3 is 1. The number of benzene rings is 2. The van der Waals surface area contributed by atoms with Gasteiger partial charge in [0, 0.05) is 32.6 Å². The van der Waals surface area contributed by atoms with Gasteiger partial charge >= 0.3 is 6.18 Å². The molecule has 0 spiro atoms. The van der Waals surface area contributed by atoms with Crippen LogP contribution in [0, 0.1) is 0 Å². The molecule has 236 valence electrons. The molecule has 1 aliphatic heterocycles. The number of alkyl halides is 3. The van der Waals surface area contributed by atoms with Crippen LogP contribution in [0.4, 0.5) is 36.3 Å². The third kappa shape index (κ3) is 6.85. The molecule has 1 saturated carbocycles. The molecule has 0 bridgehead atoms. The van der Waals surface area contributed by atoms with Gasteiger partial charge in [0.2, 0.25) is 5.95 Å². The number of rotatable bonds is 10. The lowest BCUT2D eigenvalue weighted by atomic mass is 9.80. The molecule has 3 N–H and O–H groups in total. The van der Waals surface area contributed by atoms with Gasteiger partial charge in [-0.05, 0) is 73.4 Å². The first kappa shape index (κ1) is 31.7. The van der Waals surface area contributed by atoms with Crippen molar-refractivity contribution in [2.75, 3.05) is 31.4 Å². The summed E-state index contributed by atoms with van der Waals surface area (Å²) >= 11 is 0. The second-order valence-electron chi connectivity index (χ2n) is 11.0. The van der Waals surface area contributed by atoms with E-state index in [0.29, 0.717) is 41.9 Å². The van der Waals surface area contributed by atoms with Gasteiger partial charge in [-0.2, -0.15) is 18.2 Å².